The molecule has 0 aliphatic heterocycles. The number of carboxylic acid groups (broad SMARTS) is 1. The second-order valence-corrected chi connectivity index (χ2v) is 4.41. The normalized spacial score (nSPS) is 10.6. The van der Waals surface area contributed by atoms with Gasteiger partial charge in [-0.05, 0) is 32.1 Å². The Morgan fingerprint density at radius 1 is 1.30 bits per heavy atom. The summed E-state index contributed by atoms with van der Waals surface area (Å²) in [7, 11) is 1.67. The van der Waals surface area contributed by atoms with Gasteiger partial charge in [-0.3, -0.25) is 14.5 Å². The molecule has 0 fully saturated rings. The number of carbonyl (C=O) groups is 2. The lowest BCUT2D eigenvalue weighted by atomic mass is 10.3. The van der Waals surface area contributed by atoms with Crippen LogP contribution in [0.4, 0.5) is 14.5 Å². The van der Waals surface area contributed by atoms with E-state index in [1.807, 2.05) is 0 Å². The predicted octanol–water partition coefficient (Wildman–Crippen LogP) is 1.70. The Kier molecular flexibility index (Phi) is 6.05. The molecule has 0 aliphatic rings. The molecule has 0 spiro atoms. The zero-order valence-corrected chi connectivity index (χ0v) is 11.0. The SMILES string of the molecule is CN(CCCC(=O)O)CC(=O)Nc1ccc(F)c(F)c1. The van der Waals surface area contributed by atoms with Crippen LogP contribution < -0.4 is 5.32 Å². The van der Waals surface area contributed by atoms with Crippen LogP contribution in [0.1, 0.15) is 12.8 Å². The molecule has 0 aliphatic carbocycles. The van der Waals surface area contributed by atoms with Gasteiger partial charge in [0.1, 0.15) is 0 Å². The lowest BCUT2D eigenvalue weighted by Gasteiger charge is -2.15. The number of benzene rings is 1. The van der Waals surface area contributed by atoms with E-state index < -0.39 is 17.6 Å². The van der Waals surface area contributed by atoms with Crippen LogP contribution in [0.15, 0.2) is 18.2 Å². The van der Waals surface area contributed by atoms with Gasteiger partial charge in [-0.2, -0.15) is 0 Å². The topological polar surface area (TPSA) is 69.6 Å². The predicted molar refractivity (Wildman–Crippen MR) is 69.4 cm³/mol. The Labute approximate surface area is 115 Å². The number of carbonyl (C=O) groups excluding carboxylic acids is 1. The second kappa shape index (κ2) is 7.54. The van der Waals surface area contributed by atoms with Crippen LogP contribution in [-0.4, -0.2) is 42.0 Å². The Morgan fingerprint density at radius 2 is 2.00 bits per heavy atom. The van der Waals surface area contributed by atoms with Crippen molar-refractivity contribution in [3.63, 3.8) is 0 Å². The van der Waals surface area contributed by atoms with E-state index in [-0.39, 0.29) is 24.6 Å². The third kappa shape index (κ3) is 5.75. The van der Waals surface area contributed by atoms with Crippen LogP contribution in [0.25, 0.3) is 0 Å². The van der Waals surface area contributed by atoms with Crippen molar-refractivity contribution in [1.29, 1.82) is 0 Å². The zero-order valence-electron chi connectivity index (χ0n) is 11.0. The molecule has 0 atom stereocenters. The van der Waals surface area contributed by atoms with Gasteiger partial charge < -0.3 is 10.4 Å². The molecule has 0 radical (unpaired) electrons. The van der Waals surface area contributed by atoms with Crippen molar-refractivity contribution >= 4 is 17.6 Å². The van der Waals surface area contributed by atoms with E-state index in [0.29, 0.717) is 13.0 Å². The highest BCUT2D eigenvalue weighted by Crippen LogP contribution is 2.12. The number of nitrogens with zero attached hydrogens (tertiary/aromatic N) is 1. The first-order chi connectivity index (χ1) is 9.38. The number of anilines is 1. The lowest BCUT2D eigenvalue weighted by Crippen LogP contribution is -2.31. The summed E-state index contributed by atoms with van der Waals surface area (Å²) in [5.41, 5.74) is 0.174. The fourth-order valence-corrected chi connectivity index (χ4v) is 1.60. The largest absolute Gasteiger partial charge is 0.481 e. The van der Waals surface area contributed by atoms with Crippen molar-refractivity contribution in [3.05, 3.63) is 29.8 Å². The molecule has 0 aromatic heterocycles. The van der Waals surface area contributed by atoms with E-state index in [9.17, 15) is 18.4 Å². The smallest absolute Gasteiger partial charge is 0.303 e. The molecule has 2 N–H and O–H groups in total. The van der Waals surface area contributed by atoms with Gasteiger partial charge in [0.05, 0.1) is 6.54 Å². The van der Waals surface area contributed by atoms with Crippen molar-refractivity contribution in [2.45, 2.75) is 12.8 Å². The molecule has 1 aromatic carbocycles. The molecule has 5 nitrogen and oxygen atoms in total. The third-order valence-corrected chi connectivity index (χ3v) is 2.55. The molecule has 0 unspecified atom stereocenters. The fourth-order valence-electron chi connectivity index (χ4n) is 1.60. The number of rotatable bonds is 7. The highest BCUT2D eigenvalue weighted by Gasteiger charge is 2.09. The lowest BCUT2D eigenvalue weighted by molar-refractivity contribution is -0.137. The van der Waals surface area contributed by atoms with Gasteiger partial charge in [-0.15, -0.1) is 0 Å². The molecule has 1 aromatic rings. The number of likely N-dealkylation sites (N-methyl/N-ethyl adjacent to an activating group) is 1. The molecular formula is C13H16F2N2O3. The van der Waals surface area contributed by atoms with E-state index in [2.05, 4.69) is 5.32 Å². The summed E-state index contributed by atoms with van der Waals surface area (Å²) in [6.07, 6.45) is 0.472. The standard InChI is InChI=1S/C13H16F2N2O3/c1-17(6-2-3-13(19)20)8-12(18)16-9-4-5-10(14)11(15)7-9/h4-5,7H,2-3,6,8H2,1H3,(H,16,18)(H,19,20). The summed E-state index contributed by atoms with van der Waals surface area (Å²) in [6, 6.07) is 3.10. The van der Waals surface area contributed by atoms with Gasteiger partial charge in [0.15, 0.2) is 11.6 Å². The Bertz CT molecular complexity index is 495. The first-order valence-electron chi connectivity index (χ1n) is 6.03. The van der Waals surface area contributed by atoms with Gasteiger partial charge in [0.2, 0.25) is 5.91 Å². The maximum absolute atomic E-state index is 12.9. The summed E-state index contributed by atoms with van der Waals surface area (Å²) in [6.45, 7) is 0.496. The van der Waals surface area contributed by atoms with Crippen LogP contribution in [0.5, 0.6) is 0 Å². The second-order valence-electron chi connectivity index (χ2n) is 4.41. The average Bonchev–Trinajstić information content (AvgIpc) is 2.33. The van der Waals surface area contributed by atoms with Crippen molar-refractivity contribution in [2.24, 2.45) is 0 Å². The number of aliphatic carboxylic acids is 1. The van der Waals surface area contributed by atoms with Crippen molar-refractivity contribution < 1.29 is 23.5 Å². The van der Waals surface area contributed by atoms with Crippen molar-refractivity contribution in [3.8, 4) is 0 Å². The molecule has 20 heavy (non-hydrogen) atoms. The van der Waals surface area contributed by atoms with Crippen LogP contribution in [-0.2, 0) is 9.59 Å². The van der Waals surface area contributed by atoms with E-state index in [1.54, 1.807) is 11.9 Å². The van der Waals surface area contributed by atoms with Crippen molar-refractivity contribution in [2.75, 3.05) is 25.5 Å². The van der Waals surface area contributed by atoms with Gasteiger partial charge in [-0.25, -0.2) is 8.78 Å². The van der Waals surface area contributed by atoms with E-state index in [1.165, 1.54) is 6.07 Å². The molecule has 0 saturated carbocycles. The molecule has 0 saturated heterocycles. The number of carboxylic acids is 1. The number of amides is 1. The van der Waals surface area contributed by atoms with Gasteiger partial charge >= 0.3 is 5.97 Å². The average molecular weight is 286 g/mol. The molecule has 1 rings (SSSR count). The molecular weight excluding hydrogens is 270 g/mol. The Morgan fingerprint density at radius 3 is 2.60 bits per heavy atom. The number of hydrogen-bond acceptors (Lipinski definition) is 3. The first-order valence-corrected chi connectivity index (χ1v) is 6.03. The number of nitrogens with one attached hydrogen (secondary N) is 1. The minimum absolute atomic E-state index is 0.0368. The van der Waals surface area contributed by atoms with Gasteiger partial charge in [-0.1, -0.05) is 0 Å². The van der Waals surface area contributed by atoms with Crippen LogP contribution in [0.3, 0.4) is 0 Å². The van der Waals surface area contributed by atoms with Crippen molar-refractivity contribution in [1.82, 2.24) is 4.90 Å². The maximum atomic E-state index is 12.9. The van der Waals surface area contributed by atoms with Crippen LogP contribution in [0.2, 0.25) is 0 Å². The molecule has 7 heteroatoms. The summed E-state index contributed by atoms with van der Waals surface area (Å²) in [4.78, 5) is 23.6. The molecule has 0 heterocycles. The Balaban J connectivity index is 2.38. The van der Waals surface area contributed by atoms with Crippen LogP contribution in [0, 0.1) is 11.6 Å². The Hall–Kier alpha value is -2.02. The number of halogens is 2. The monoisotopic (exact) mass is 286 g/mol. The maximum Gasteiger partial charge on any atom is 0.303 e. The highest BCUT2D eigenvalue weighted by molar-refractivity contribution is 5.92. The van der Waals surface area contributed by atoms with E-state index in [4.69, 9.17) is 5.11 Å². The minimum Gasteiger partial charge on any atom is -0.481 e. The van der Waals surface area contributed by atoms with E-state index >= 15 is 0 Å². The zero-order chi connectivity index (χ0) is 15.1. The minimum atomic E-state index is -1.03. The first kappa shape index (κ1) is 16.0. The number of hydrogen-bond donors (Lipinski definition) is 2. The molecule has 110 valence electrons. The molecule has 0 bridgehead atoms. The van der Waals surface area contributed by atoms with Crippen LogP contribution >= 0.6 is 0 Å². The highest BCUT2D eigenvalue weighted by atomic mass is 19.2. The quantitative estimate of drug-likeness (QED) is 0.800. The summed E-state index contributed by atoms with van der Waals surface area (Å²) in [5, 5.41) is 10.9. The van der Waals surface area contributed by atoms with Gasteiger partial charge in [0, 0.05) is 18.2 Å². The molecule has 1 amide bonds. The summed E-state index contributed by atoms with van der Waals surface area (Å²) < 4.78 is 25.6. The van der Waals surface area contributed by atoms with E-state index in [0.717, 1.165) is 12.1 Å². The third-order valence-electron chi connectivity index (χ3n) is 2.55. The summed E-state index contributed by atoms with van der Waals surface area (Å²) >= 11 is 0. The van der Waals surface area contributed by atoms with Gasteiger partial charge in [0.25, 0.3) is 0 Å². The summed E-state index contributed by atoms with van der Waals surface area (Å²) in [5.74, 6) is -3.27. The fraction of sp³-hybridized carbons (Fsp3) is 0.385.